The van der Waals surface area contributed by atoms with E-state index in [1.54, 1.807) is 6.20 Å². The predicted octanol–water partition coefficient (Wildman–Crippen LogP) is 2.66. The van der Waals surface area contributed by atoms with Crippen LogP contribution < -0.4 is 5.73 Å². The highest BCUT2D eigenvalue weighted by Crippen LogP contribution is 2.14. The van der Waals surface area contributed by atoms with Gasteiger partial charge in [-0.25, -0.2) is 0 Å². The van der Waals surface area contributed by atoms with E-state index >= 15 is 0 Å². The average molecular weight is 305 g/mol. The number of aromatic nitrogens is 1. The Labute approximate surface area is 114 Å². The Morgan fingerprint density at radius 3 is 2.56 bits per heavy atom. The molecule has 18 heavy (non-hydrogen) atoms. The lowest BCUT2D eigenvalue weighted by Crippen LogP contribution is -2.23. The molecule has 1 unspecified atom stereocenters. The fourth-order valence-corrected chi connectivity index (χ4v) is 1.88. The molecule has 1 atom stereocenters. The summed E-state index contributed by atoms with van der Waals surface area (Å²) in [5.41, 5.74) is 7.49. The summed E-state index contributed by atoms with van der Waals surface area (Å²) < 4.78 is 0.894. The molecule has 0 saturated carbocycles. The molecule has 0 aliphatic rings. The second-order valence-electron chi connectivity index (χ2n) is 4.00. The van der Waals surface area contributed by atoms with E-state index in [1.165, 1.54) is 0 Å². The van der Waals surface area contributed by atoms with Crippen molar-refractivity contribution in [2.75, 3.05) is 0 Å². The number of nitrogens with zero attached hydrogens (tertiary/aromatic N) is 1. The molecule has 0 bridgehead atoms. The molecule has 0 aliphatic heterocycles. The highest BCUT2D eigenvalue weighted by Gasteiger charge is 2.16. The van der Waals surface area contributed by atoms with Gasteiger partial charge in [0.25, 0.3) is 0 Å². The van der Waals surface area contributed by atoms with Gasteiger partial charge in [-0.2, -0.15) is 0 Å². The Morgan fingerprint density at radius 2 is 1.94 bits per heavy atom. The zero-order valence-corrected chi connectivity index (χ0v) is 11.3. The molecule has 1 aromatic heterocycles. The van der Waals surface area contributed by atoms with E-state index < -0.39 is 6.04 Å². The molecule has 2 N–H and O–H groups in total. The number of nitrogens with two attached hydrogens (primary N) is 1. The quantitative estimate of drug-likeness (QED) is 0.945. The molecular weight excluding hydrogens is 292 g/mol. The van der Waals surface area contributed by atoms with Gasteiger partial charge in [0.1, 0.15) is 0 Å². The second-order valence-corrected chi connectivity index (χ2v) is 4.91. The van der Waals surface area contributed by atoms with Crippen LogP contribution in [0, 0.1) is 0 Å². The van der Waals surface area contributed by atoms with Gasteiger partial charge in [0.2, 0.25) is 0 Å². The fourth-order valence-electron chi connectivity index (χ4n) is 1.65. The number of rotatable bonds is 4. The van der Waals surface area contributed by atoms with Crippen molar-refractivity contribution in [1.82, 2.24) is 4.98 Å². The van der Waals surface area contributed by atoms with Gasteiger partial charge >= 0.3 is 0 Å². The fraction of sp³-hybridized carbons (Fsp3) is 0.143. The maximum absolute atomic E-state index is 12.0. The first-order valence-electron chi connectivity index (χ1n) is 5.60. The number of hydrogen-bond acceptors (Lipinski definition) is 3. The first kappa shape index (κ1) is 12.9. The third kappa shape index (κ3) is 3.24. The summed E-state index contributed by atoms with van der Waals surface area (Å²) >= 11 is 3.31. The van der Waals surface area contributed by atoms with E-state index in [-0.39, 0.29) is 12.2 Å². The number of pyridine rings is 1. The van der Waals surface area contributed by atoms with Crippen molar-refractivity contribution in [1.29, 1.82) is 0 Å². The van der Waals surface area contributed by atoms with Gasteiger partial charge in [0.15, 0.2) is 5.78 Å². The van der Waals surface area contributed by atoms with Crippen molar-refractivity contribution >= 4 is 21.7 Å². The Bertz CT molecular complexity index is 525. The normalized spacial score (nSPS) is 12.1. The molecular formula is C14H13BrN2O. The van der Waals surface area contributed by atoms with Crippen molar-refractivity contribution < 1.29 is 4.79 Å². The highest BCUT2D eigenvalue weighted by atomic mass is 79.9. The minimum atomic E-state index is -0.586. The van der Waals surface area contributed by atoms with Crippen LogP contribution in [0.2, 0.25) is 0 Å². The van der Waals surface area contributed by atoms with E-state index in [9.17, 15) is 4.79 Å². The summed E-state index contributed by atoms with van der Waals surface area (Å²) in [4.78, 5) is 16.2. The molecule has 0 aliphatic carbocycles. The highest BCUT2D eigenvalue weighted by molar-refractivity contribution is 9.10. The number of benzene rings is 1. The van der Waals surface area contributed by atoms with E-state index in [2.05, 4.69) is 20.9 Å². The van der Waals surface area contributed by atoms with Crippen molar-refractivity contribution in [2.24, 2.45) is 5.73 Å². The molecule has 2 rings (SSSR count). The zero-order chi connectivity index (χ0) is 13.0. The summed E-state index contributed by atoms with van der Waals surface area (Å²) in [6, 6.07) is 12.5. The third-order valence-electron chi connectivity index (χ3n) is 2.65. The van der Waals surface area contributed by atoms with Crippen LogP contribution in [0.1, 0.15) is 17.3 Å². The van der Waals surface area contributed by atoms with Crippen LogP contribution >= 0.6 is 15.9 Å². The molecule has 3 nitrogen and oxygen atoms in total. The Hall–Kier alpha value is -1.52. The van der Waals surface area contributed by atoms with Gasteiger partial charge < -0.3 is 5.73 Å². The van der Waals surface area contributed by atoms with Crippen LogP contribution in [0.3, 0.4) is 0 Å². The second kappa shape index (κ2) is 5.89. The van der Waals surface area contributed by atoms with Crippen LogP contribution in [0.4, 0.5) is 0 Å². The number of Topliss-reactive ketones (excluding diaryl/α,β-unsaturated/α-hetero) is 1. The molecule has 92 valence electrons. The topological polar surface area (TPSA) is 56.0 Å². The van der Waals surface area contributed by atoms with Crippen LogP contribution in [0.15, 0.2) is 53.1 Å². The van der Waals surface area contributed by atoms with Gasteiger partial charge in [-0.1, -0.05) is 30.3 Å². The van der Waals surface area contributed by atoms with Crippen LogP contribution in [0.25, 0.3) is 0 Å². The first-order valence-corrected chi connectivity index (χ1v) is 6.40. The van der Waals surface area contributed by atoms with Gasteiger partial charge in [-0.05, 0) is 33.6 Å². The predicted molar refractivity (Wildman–Crippen MR) is 74.0 cm³/mol. The lowest BCUT2D eigenvalue weighted by molar-refractivity contribution is -0.119. The third-order valence-corrected chi connectivity index (χ3v) is 3.12. The van der Waals surface area contributed by atoms with Gasteiger partial charge in [0.05, 0.1) is 12.5 Å². The maximum Gasteiger partial charge on any atom is 0.159 e. The molecule has 0 fully saturated rings. The monoisotopic (exact) mass is 304 g/mol. The van der Waals surface area contributed by atoms with Crippen molar-refractivity contribution in [3.8, 4) is 0 Å². The molecule has 1 heterocycles. The number of hydrogen-bond donors (Lipinski definition) is 1. The summed E-state index contributed by atoms with van der Waals surface area (Å²) in [5.74, 6) is -0.0315. The number of halogens is 1. The minimum Gasteiger partial charge on any atom is -0.318 e. The van der Waals surface area contributed by atoms with Crippen LogP contribution in [-0.2, 0) is 11.2 Å². The van der Waals surface area contributed by atoms with Crippen molar-refractivity contribution in [2.45, 2.75) is 12.5 Å². The van der Waals surface area contributed by atoms with E-state index in [0.717, 1.165) is 15.7 Å². The summed E-state index contributed by atoms with van der Waals surface area (Å²) in [5, 5.41) is 0. The average Bonchev–Trinajstić information content (AvgIpc) is 2.41. The summed E-state index contributed by atoms with van der Waals surface area (Å²) in [6.45, 7) is 0. The number of ketones is 1. The van der Waals surface area contributed by atoms with E-state index in [1.807, 2.05) is 42.5 Å². The lowest BCUT2D eigenvalue weighted by atomic mass is 10.0. The first-order chi connectivity index (χ1) is 8.66. The molecule has 0 spiro atoms. The molecule has 0 amide bonds. The standard InChI is InChI=1S/C14H13BrN2O/c15-11-6-7-12(17-9-11)8-13(18)14(16)10-4-2-1-3-5-10/h1-7,9,14H,8,16H2. The molecule has 0 saturated heterocycles. The Kier molecular flexibility index (Phi) is 4.23. The van der Waals surface area contributed by atoms with Crippen molar-refractivity contribution in [3.63, 3.8) is 0 Å². The Morgan fingerprint density at radius 1 is 1.22 bits per heavy atom. The van der Waals surface area contributed by atoms with Crippen molar-refractivity contribution in [3.05, 3.63) is 64.4 Å². The molecule has 2 aromatic rings. The maximum atomic E-state index is 12.0. The SMILES string of the molecule is NC(C(=O)Cc1ccc(Br)cn1)c1ccccc1. The number of carbonyl (C=O) groups excluding carboxylic acids is 1. The van der Waals surface area contributed by atoms with E-state index in [4.69, 9.17) is 5.73 Å². The van der Waals surface area contributed by atoms with Crippen LogP contribution in [0.5, 0.6) is 0 Å². The summed E-state index contributed by atoms with van der Waals surface area (Å²) in [7, 11) is 0. The lowest BCUT2D eigenvalue weighted by Gasteiger charge is -2.10. The smallest absolute Gasteiger partial charge is 0.159 e. The Balaban J connectivity index is 2.06. The summed E-state index contributed by atoms with van der Waals surface area (Å²) in [6.07, 6.45) is 1.93. The van der Waals surface area contributed by atoms with Crippen LogP contribution in [-0.4, -0.2) is 10.8 Å². The molecule has 4 heteroatoms. The molecule has 1 aromatic carbocycles. The largest absolute Gasteiger partial charge is 0.318 e. The van der Waals surface area contributed by atoms with Gasteiger partial charge in [0, 0.05) is 16.4 Å². The van der Waals surface area contributed by atoms with E-state index in [0.29, 0.717) is 0 Å². The molecule has 0 radical (unpaired) electrons. The van der Waals surface area contributed by atoms with Gasteiger partial charge in [-0.15, -0.1) is 0 Å². The van der Waals surface area contributed by atoms with Gasteiger partial charge in [-0.3, -0.25) is 9.78 Å². The zero-order valence-electron chi connectivity index (χ0n) is 9.71. The minimum absolute atomic E-state index is 0.0315. The number of carbonyl (C=O) groups is 1.